The van der Waals surface area contributed by atoms with Crippen LogP contribution in [0, 0.1) is 0 Å². The monoisotopic (exact) mass is 295 g/mol. The number of carbonyl (C=O) groups excluding carboxylic acids is 1. The quantitative estimate of drug-likeness (QED) is 0.852. The summed E-state index contributed by atoms with van der Waals surface area (Å²) in [5.41, 5.74) is 0.735. The van der Waals surface area contributed by atoms with Crippen molar-refractivity contribution in [3.8, 4) is 0 Å². The van der Waals surface area contributed by atoms with Crippen molar-refractivity contribution < 1.29 is 4.79 Å². The Morgan fingerprint density at radius 3 is 2.95 bits per heavy atom. The molecule has 1 aromatic heterocycles. The highest BCUT2D eigenvalue weighted by molar-refractivity contribution is 6.35. The Kier molecular flexibility index (Phi) is 4.60. The molecule has 0 radical (unpaired) electrons. The van der Waals surface area contributed by atoms with E-state index in [1.54, 1.807) is 36.7 Å². The summed E-state index contributed by atoms with van der Waals surface area (Å²) in [4.78, 5) is 18.5. The third-order valence-corrected chi connectivity index (χ3v) is 2.92. The highest BCUT2D eigenvalue weighted by Crippen LogP contribution is 2.21. The fourth-order valence-electron chi connectivity index (χ4n) is 1.43. The second kappa shape index (κ2) is 6.41. The molecule has 0 saturated carbocycles. The first kappa shape index (κ1) is 13.6. The summed E-state index contributed by atoms with van der Waals surface area (Å²) in [6, 6.07) is 5.10. The van der Waals surface area contributed by atoms with Gasteiger partial charge in [0, 0.05) is 28.5 Å². The molecular weight excluding hydrogens is 285 g/mol. The number of hydrogen-bond acceptors (Lipinski definition) is 2. The number of amides is 1. The minimum absolute atomic E-state index is 0.220. The van der Waals surface area contributed by atoms with Crippen molar-refractivity contribution in [2.45, 2.75) is 6.54 Å². The summed E-state index contributed by atoms with van der Waals surface area (Å²) in [6.45, 7) is 0.352. The molecule has 1 heterocycles. The third-order valence-electron chi connectivity index (χ3n) is 2.36. The maximum Gasteiger partial charge on any atom is 0.244 e. The zero-order valence-corrected chi connectivity index (χ0v) is 11.4. The molecular formula is C13H11Cl2N3O. The molecule has 2 aromatic rings. The van der Waals surface area contributed by atoms with Crippen LogP contribution in [0.3, 0.4) is 0 Å². The van der Waals surface area contributed by atoms with Crippen LogP contribution in [0.4, 0.5) is 0 Å². The Morgan fingerprint density at radius 2 is 2.26 bits per heavy atom. The Morgan fingerprint density at radius 1 is 1.42 bits per heavy atom. The lowest BCUT2D eigenvalue weighted by Crippen LogP contribution is -2.20. The largest absolute Gasteiger partial charge is 0.347 e. The number of nitrogens with zero attached hydrogens (tertiary/aromatic N) is 1. The zero-order valence-electron chi connectivity index (χ0n) is 9.86. The van der Waals surface area contributed by atoms with E-state index in [1.165, 1.54) is 6.08 Å². The number of nitrogens with one attached hydrogen (secondary N) is 2. The van der Waals surface area contributed by atoms with E-state index in [4.69, 9.17) is 23.2 Å². The number of halogens is 2. The number of rotatable bonds is 4. The van der Waals surface area contributed by atoms with E-state index < -0.39 is 0 Å². The molecule has 0 unspecified atom stereocenters. The molecule has 2 N–H and O–H groups in total. The molecule has 98 valence electrons. The normalized spacial score (nSPS) is 10.8. The minimum Gasteiger partial charge on any atom is -0.347 e. The lowest BCUT2D eigenvalue weighted by Gasteiger charge is -2.00. The molecule has 0 spiro atoms. The molecule has 0 aliphatic carbocycles. The number of imidazole rings is 1. The van der Waals surface area contributed by atoms with Crippen molar-refractivity contribution in [3.63, 3.8) is 0 Å². The maximum absolute atomic E-state index is 11.6. The molecule has 2 rings (SSSR count). The number of benzene rings is 1. The summed E-state index contributed by atoms with van der Waals surface area (Å²) in [5, 5.41) is 3.76. The lowest BCUT2D eigenvalue weighted by atomic mass is 10.2. The molecule has 19 heavy (non-hydrogen) atoms. The fraction of sp³-hybridized carbons (Fsp3) is 0.0769. The van der Waals surface area contributed by atoms with Gasteiger partial charge in [-0.2, -0.15) is 0 Å². The summed E-state index contributed by atoms with van der Waals surface area (Å²) in [7, 11) is 0. The standard InChI is InChI=1S/C13H11Cl2N3O/c14-10-3-1-9(11(15)7-10)2-4-13(19)18-8-12-16-5-6-17-12/h1-7H,8H2,(H,16,17)(H,18,19). The molecule has 0 aliphatic heterocycles. The van der Waals surface area contributed by atoms with Crippen LogP contribution in [0.2, 0.25) is 10.0 Å². The van der Waals surface area contributed by atoms with E-state index >= 15 is 0 Å². The van der Waals surface area contributed by atoms with Crippen LogP contribution >= 0.6 is 23.2 Å². The summed E-state index contributed by atoms with van der Waals surface area (Å²) < 4.78 is 0. The average molecular weight is 296 g/mol. The highest BCUT2D eigenvalue weighted by Gasteiger charge is 2.00. The van der Waals surface area contributed by atoms with E-state index in [-0.39, 0.29) is 5.91 Å². The maximum atomic E-state index is 11.6. The molecule has 0 aliphatic rings. The van der Waals surface area contributed by atoms with Crippen LogP contribution in [-0.2, 0) is 11.3 Å². The molecule has 0 saturated heterocycles. The SMILES string of the molecule is O=C(C=Cc1ccc(Cl)cc1Cl)NCc1ncc[nH]1. The molecule has 1 aromatic carbocycles. The molecule has 0 fully saturated rings. The van der Waals surface area contributed by atoms with Crippen molar-refractivity contribution in [1.82, 2.24) is 15.3 Å². The Labute approximate surface area is 120 Å². The number of aromatic nitrogens is 2. The van der Waals surface area contributed by atoms with Crippen molar-refractivity contribution in [3.05, 3.63) is 58.1 Å². The first-order valence-electron chi connectivity index (χ1n) is 5.54. The second-order valence-corrected chi connectivity index (χ2v) is 4.60. The summed E-state index contributed by atoms with van der Waals surface area (Å²) in [6.07, 6.45) is 6.38. The van der Waals surface area contributed by atoms with Gasteiger partial charge in [-0.15, -0.1) is 0 Å². The summed E-state index contributed by atoms with van der Waals surface area (Å²) >= 11 is 11.8. The van der Waals surface area contributed by atoms with Gasteiger partial charge in [0.25, 0.3) is 0 Å². The Bertz CT molecular complexity index is 594. The molecule has 6 heteroatoms. The van der Waals surface area contributed by atoms with Gasteiger partial charge in [0.15, 0.2) is 0 Å². The van der Waals surface area contributed by atoms with Crippen LogP contribution in [0.5, 0.6) is 0 Å². The zero-order chi connectivity index (χ0) is 13.7. The van der Waals surface area contributed by atoms with Gasteiger partial charge in [-0.05, 0) is 23.8 Å². The van der Waals surface area contributed by atoms with Gasteiger partial charge in [0.05, 0.1) is 6.54 Å². The summed E-state index contributed by atoms with van der Waals surface area (Å²) in [5.74, 6) is 0.480. The van der Waals surface area contributed by atoms with Crippen molar-refractivity contribution in [2.24, 2.45) is 0 Å². The third kappa shape index (κ3) is 4.12. The smallest absolute Gasteiger partial charge is 0.244 e. The fourth-order valence-corrected chi connectivity index (χ4v) is 1.90. The van der Waals surface area contributed by atoms with Gasteiger partial charge in [-0.25, -0.2) is 4.98 Å². The van der Waals surface area contributed by atoms with Crippen LogP contribution in [0.25, 0.3) is 6.08 Å². The predicted octanol–water partition coefficient (Wildman–Crippen LogP) is 3.05. The topological polar surface area (TPSA) is 57.8 Å². The number of aromatic amines is 1. The second-order valence-electron chi connectivity index (χ2n) is 3.75. The average Bonchev–Trinajstić information content (AvgIpc) is 2.88. The van der Waals surface area contributed by atoms with Gasteiger partial charge in [0.1, 0.15) is 5.82 Å². The van der Waals surface area contributed by atoms with Crippen molar-refractivity contribution in [2.75, 3.05) is 0 Å². The van der Waals surface area contributed by atoms with E-state index in [2.05, 4.69) is 15.3 Å². The van der Waals surface area contributed by atoms with Gasteiger partial charge >= 0.3 is 0 Å². The van der Waals surface area contributed by atoms with Gasteiger partial charge in [-0.3, -0.25) is 4.79 Å². The number of H-pyrrole nitrogens is 1. The van der Waals surface area contributed by atoms with Crippen LogP contribution in [-0.4, -0.2) is 15.9 Å². The Balaban J connectivity index is 1.92. The van der Waals surface area contributed by atoms with E-state index in [0.29, 0.717) is 22.4 Å². The predicted molar refractivity (Wildman–Crippen MR) is 75.9 cm³/mol. The Hall–Kier alpha value is -1.78. The van der Waals surface area contributed by atoms with Gasteiger partial charge < -0.3 is 10.3 Å². The van der Waals surface area contributed by atoms with E-state index in [1.807, 2.05) is 0 Å². The van der Waals surface area contributed by atoms with Gasteiger partial charge in [0.2, 0.25) is 5.91 Å². The molecule has 4 nitrogen and oxygen atoms in total. The van der Waals surface area contributed by atoms with Crippen molar-refractivity contribution in [1.29, 1.82) is 0 Å². The van der Waals surface area contributed by atoms with Crippen LogP contribution < -0.4 is 5.32 Å². The molecule has 0 bridgehead atoms. The number of carbonyl (C=O) groups is 1. The van der Waals surface area contributed by atoms with Crippen LogP contribution in [0.1, 0.15) is 11.4 Å². The lowest BCUT2D eigenvalue weighted by molar-refractivity contribution is -0.116. The molecule has 0 atom stereocenters. The number of hydrogen-bond donors (Lipinski definition) is 2. The van der Waals surface area contributed by atoms with Crippen LogP contribution in [0.15, 0.2) is 36.7 Å². The van der Waals surface area contributed by atoms with E-state index in [0.717, 1.165) is 5.56 Å². The van der Waals surface area contributed by atoms with Gasteiger partial charge in [-0.1, -0.05) is 29.3 Å². The first-order chi connectivity index (χ1) is 9.15. The van der Waals surface area contributed by atoms with E-state index in [9.17, 15) is 4.79 Å². The first-order valence-corrected chi connectivity index (χ1v) is 6.30. The van der Waals surface area contributed by atoms with Crippen molar-refractivity contribution >= 4 is 35.2 Å². The highest BCUT2D eigenvalue weighted by atomic mass is 35.5. The molecule has 1 amide bonds. The minimum atomic E-state index is -0.220.